The minimum absolute atomic E-state index is 0.182. The van der Waals surface area contributed by atoms with Crippen LogP contribution in [0.4, 0.5) is 10.1 Å². The second-order valence-electron chi connectivity index (χ2n) is 6.35. The van der Waals surface area contributed by atoms with Crippen LogP contribution in [0.5, 0.6) is 0 Å². The predicted octanol–water partition coefficient (Wildman–Crippen LogP) is 4.63. The third-order valence-corrected chi connectivity index (χ3v) is 4.46. The summed E-state index contributed by atoms with van der Waals surface area (Å²) in [7, 11) is 0. The summed E-state index contributed by atoms with van der Waals surface area (Å²) < 4.78 is 14.8. The maximum absolute atomic E-state index is 13.2. The van der Waals surface area contributed by atoms with Crippen LogP contribution in [0.3, 0.4) is 0 Å². The fourth-order valence-corrected chi connectivity index (χ4v) is 2.90. The molecule has 0 aliphatic carbocycles. The average Bonchev–Trinajstić information content (AvgIpc) is 3.20. The van der Waals surface area contributed by atoms with Crippen molar-refractivity contribution in [1.82, 2.24) is 15.0 Å². The molecule has 5 nitrogen and oxygen atoms in total. The summed E-state index contributed by atoms with van der Waals surface area (Å²) in [6.07, 6.45) is 1.62. The van der Waals surface area contributed by atoms with Crippen molar-refractivity contribution in [3.8, 4) is 16.9 Å². The topological polar surface area (TPSA) is 59.8 Å². The standard InChI is InChI=1S/C22H17FN4O/c1-15-4-2-3-5-20(15)25-22(28)17-8-12-19(13-9-17)27-21(14-24-26-27)16-6-10-18(23)11-7-16/h2-14H,1H3,(H,25,28). The van der Waals surface area contributed by atoms with Gasteiger partial charge in [0.05, 0.1) is 17.6 Å². The number of hydrogen-bond donors (Lipinski definition) is 1. The van der Waals surface area contributed by atoms with Crippen LogP contribution < -0.4 is 5.32 Å². The first-order chi connectivity index (χ1) is 13.6. The van der Waals surface area contributed by atoms with Gasteiger partial charge in [0.1, 0.15) is 5.82 Å². The Labute approximate surface area is 161 Å². The zero-order chi connectivity index (χ0) is 19.5. The molecule has 0 radical (unpaired) electrons. The van der Waals surface area contributed by atoms with E-state index in [0.717, 1.165) is 28.2 Å². The first-order valence-corrected chi connectivity index (χ1v) is 8.76. The Morgan fingerprint density at radius 3 is 2.39 bits per heavy atom. The summed E-state index contributed by atoms with van der Waals surface area (Å²) in [6, 6.07) is 20.8. The van der Waals surface area contributed by atoms with Crippen molar-refractivity contribution in [3.05, 3.63) is 95.9 Å². The molecule has 3 aromatic carbocycles. The van der Waals surface area contributed by atoms with Gasteiger partial charge in [0.15, 0.2) is 0 Å². The van der Waals surface area contributed by atoms with E-state index in [-0.39, 0.29) is 11.7 Å². The van der Waals surface area contributed by atoms with E-state index < -0.39 is 0 Å². The van der Waals surface area contributed by atoms with Crippen LogP contribution in [-0.2, 0) is 0 Å². The van der Waals surface area contributed by atoms with Gasteiger partial charge in [-0.1, -0.05) is 23.4 Å². The summed E-state index contributed by atoms with van der Waals surface area (Å²) in [5.41, 5.74) is 4.61. The van der Waals surface area contributed by atoms with E-state index in [9.17, 15) is 9.18 Å². The summed E-state index contributed by atoms with van der Waals surface area (Å²) >= 11 is 0. The van der Waals surface area contributed by atoms with Crippen LogP contribution in [-0.4, -0.2) is 20.9 Å². The lowest BCUT2D eigenvalue weighted by atomic mass is 10.1. The number of aryl methyl sites for hydroxylation is 1. The maximum Gasteiger partial charge on any atom is 0.255 e. The summed E-state index contributed by atoms with van der Waals surface area (Å²) in [4.78, 5) is 12.5. The predicted molar refractivity (Wildman–Crippen MR) is 106 cm³/mol. The minimum atomic E-state index is -0.299. The van der Waals surface area contributed by atoms with Crippen molar-refractivity contribution in [1.29, 1.82) is 0 Å². The molecular weight excluding hydrogens is 355 g/mol. The summed E-state index contributed by atoms with van der Waals surface area (Å²) in [6.45, 7) is 1.94. The lowest BCUT2D eigenvalue weighted by molar-refractivity contribution is 0.102. The van der Waals surface area contributed by atoms with Crippen molar-refractivity contribution in [2.45, 2.75) is 6.92 Å². The largest absolute Gasteiger partial charge is 0.322 e. The van der Waals surface area contributed by atoms with Gasteiger partial charge in [-0.2, -0.15) is 0 Å². The van der Waals surface area contributed by atoms with Crippen molar-refractivity contribution >= 4 is 11.6 Å². The molecule has 1 N–H and O–H groups in total. The van der Waals surface area contributed by atoms with Crippen LogP contribution in [0, 0.1) is 12.7 Å². The Morgan fingerprint density at radius 2 is 1.68 bits per heavy atom. The fourth-order valence-electron chi connectivity index (χ4n) is 2.90. The Hall–Kier alpha value is -3.80. The zero-order valence-corrected chi connectivity index (χ0v) is 15.1. The fraction of sp³-hybridized carbons (Fsp3) is 0.0455. The first-order valence-electron chi connectivity index (χ1n) is 8.76. The molecule has 0 saturated heterocycles. The van der Waals surface area contributed by atoms with Crippen LogP contribution in [0.15, 0.2) is 79.0 Å². The van der Waals surface area contributed by atoms with Crippen molar-refractivity contribution in [3.63, 3.8) is 0 Å². The van der Waals surface area contributed by atoms with Gasteiger partial charge >= 0.3 is 0 Å². The Balaban J connectivity index is 1.58. The first kappa shape index (κ1) is 17.6. The number of nitrogens with one attached hydrogen (secondary N) is 1. The van der Waals surface area contributed by atoms with E-state index >= 15 is 0 Å². The van der Waals surface area contributed by atoms with Gasteiger partial charge in [-0.25, -0.2) is 9.07 Å². The van der Waals surface area contributed by atoms with Gasteiger partial charge in [0.2, 0.25) is 0 Å². The van der Waals surface area contributed by atoms with Gasteiger partial charge in [0.25, 0.3) is 5.91 Å². The molecule has 0 aliphatic rings. The highest BCUT2D eigenvalue weighted by molar-refractivity contribution is 6.04. The van der Waals surface area contributed by atoms with Crippen LogP contribution in [0.25, 0.3) is 16.9 Å². The number of anilines is 1. The lowest BCUT2D eigenvalue weighted by Crippen LogP contribution is -2.12. The molecule has 6 heteroatoms. The molecule has 0 fully saturated rings. The molecule has 28 heavy (non-hydrogen) atoms. The Kier molecular flexibility index (Phi) is 4.68. The molecule has 0 saturated carbocycles. The van der Waals surface area contributed by atoms with Crippen molar-refractivity contribution in [2.24, 2.45) is 0 Å². The van der Waals surface area contributed by atoms with Crippen molar-refractivity contribution < 1.29 is 9.18 Å². The van der Waals surface area contributed by atoms with Gasteiger partial charge in [-0.05, 0) is 67.1 Å². The Morgan fingerprint density at radius 1 is 0.964 bits per heavy atom. The van der Waals surface area contributed by atoms with E-state index in [1.165, 1.54) is 12.1 Å². The molecule has 0 atom stereocenters. The van der Waals surface area contributed by atoms with Crippen molar-refractivity contribution in [2.75, 3.05) is 5.32 Å². The lowest BCUT2D eigenvalue weighted by Gasteiger charge is -2.10. The van der Waals surface area contributed by atoms with Crippen LogP contribution in [0.2, 0.25) is 0 Å². The third kappa shape index (κ3) is 3.53. The molecular formula is C22H17FN4O. The highest BCUT2D eigenvalue weighted by Crippen LogP contribution is 2.22. The quantitative estimate of drug-likeness (QED) is 0.568. The van der Waals surface area contributed by atoms with E-state index in [0.29, 0.717) is 5.56 Å². The summed E-state index contributed by atoms with van der Waals surface area (Å²) in [5.74, 6) is -0.481. The smallest absolute Gasteiger partial charge is 0.255 e. The Bertz CT molecular complexity index is 1120. The highest BCUT2D eigenvalue weighted by Gasteiger charge is 2.11. The molecule has 4 rings (SSSR count). The second-order valence-corrected chi connectivity index (χ2v) is 6.35. The number of amides is 1. The molecule has 0 bridgehead atoms. The SMILES string of the molecule is Cc1ccccc1NC(=O)c1ccc(-n2nncc2-c2ccc(F)cc2)cc1. The molecule has 0 spiro atoms. The molecule has 0 unspecified atom stereocenters. The number of hydrogen-bond acceptors (Lipinski definition) is 3. The second kappa shape index (κ2) is 7.44. The van der Waals surface area contributed by atoms with Gasteiger partial charge in [0, 0.05) is 16.8 Å². The van der Waals surface area contributed by atoms with Gasteiger partial charge < -0.3 is 5.32 Å². The molecule has 138 valence electrons. The maximum atomic E-state index is 13.2. The zero-order valence-electron chi connectivity index (χ0n) is 15.1. The highest BCUT2D eigenvalue weighted by atomic mass is 19.1. The number of aromatic nitrogens is 3. The van der Waals surface area contributed by atoms with Gasteiger partial charge in [-0.3, -0.25) is 4.79 Å². The number of carbonyl (C=O) groups is 1. The molecule has 1 amide bonds. The van der Waals surface area contributed by atoms with Crippen LogP contribution >= 0.6 is 0 Å². The molecule has 1 aromatic heterocycles. The van der Waals surface area contributed by atoms with Gasteiger partial charge in [-0.15, -0.1) is 5.10 Å². The number of carbonyl (C=O) groups excluding carboxylic acids is 1. The van der Waals surface area contributed by atoms with E-state index in [1.807, 2.05) is 31.2 Å². The average molecular weight is 372 g/mol. The molecule has 0 aliphatic heterocycles. The molecule has 1 heterocycles. The van der Waals surface area contributed by atoms with E-state index in [1.54, 1.807) is 47.3 Å². The molecule has 4 aromatic rings. The number of para-hydroxylation sites is 1. The van der Waals surface area contributed by atoms with E-state index in [2.05, 4.69) is 15.6 Å². The number of rotatable bonds is 4. The third-order valence-electron chi connectivity index (χ3n) is 4.46. The van der Waals surface area contributed by atoms with Crippen LogP contribution in [0.1, 0.15) is 15.9 Å². The summed E-state index contributed by atoms with van der Waals surface area (Å²) in [5, 5.41) is 11.0. The minimum Gasteiger partial charge on any atom is -0.322 e. The normalized spacial score (nSPS) is 10.6. The monoisotopic (exact) mass is 372 g/mol. The number of benzene rings is 3. The number of nitrogens with zero attached hydrogens (tertiary/aromatic N) is 3. The van der Waals surface area contributed by atoms with E-state index in [4.69, 9.17) is 0 Å². The number of halogens is 1.